The first kappa shape index (κ1) is 20.1. The largest absolute Gasteiger partial charge is 0.378 e. The molecule has 0 spiro atoms. The summed E-state index contributed by atoms with van der Waals surface area (Å²) in [6, 6.07) is 14.1. The van der Waals surface area contributed by atoms with Gasteiger partial charge in [0.1, 0.15) is 5.82 Å². The number of fused-ring (bicyclic) bond motifs is 3. The Labute approximate surface area is 180 Å². The quantitative estimate of drug-likeness (QED) is 0.613. The average Bonchev–Trinajstić information content (AvgIpc) is 3.12. The number of hydrogen-bond acceptors (Lipinski definition) is 4. The van der Waals surface area contributed by atoms with Crippen LogP contribution in [0.25, 0.3) is 16.9 Å². The lowest BCUT2D eigenvalue weighted by molar-refractivity contribution is 0.0298. The first-order valence-electron chi connectivity index (χ1n) is 10.2. The maximum atomic E-state index is 15.0. The van der Waals surface area contributed by atoms with Crippen LogP contribution in [-0.2, 0) is 19.6 Å². The maximum Gasteiger partial charge on any atom is 0.274 e. The van der Waals surface area contributed by atoms with Gasteiger partial charge in [0.25, 0.3) is 5.91 Å². The van der Waals surface area contributed by atoms with Gasteiger partial charge in [0.05, 0.1) is 29.5 Å². The number of amides is 1. The van der Waals surface area contributed by atoms with Gasteiger partial charge in [0.15, 0.2) is 5.69 Å². The minimum atomic E-state index is -3.59. The summed E-state index contributed by atoms with van der Waals surface area (Å²) in [6.45, 7) is 1.91. The van der Waals surface area contributed by atoms with Crippen LogP contribution in [0.4, 0.5) is 4.39 Å². The number of hydrogen-bond donors (Lipinski definition) is 0. The Morgan fingerprint density at radius 1 is 1.06 bits per heavy atom. The number of morpholine rings is 1. The number of aromatic nitrogens is 2. The van der Waals surface area contributed by atoms with E-state index in [-0.39, 0.29) is 22.2 Å². The summed E-state index contributed by atoms with van der Waals surface area (Å²) in [7, 11) is -3.59. The topological polar surface area (TPSA) is 64.4 Å². The highest BCUT2D eigenvalue weighted by molar-refractivity contribution is 8.18. The van der Waals surface area contributed by atoms with E-state index in [0.29, 0.717) is 43.1 Å². The van der Waals surface area contributed by atoms with Crippen molar-refractivity contribution in [3.05, 3.63) is 65.6 Å². The van der Waals surface area contributed by atoms with Crippen molar-refractivity contribution < 1.29 is 18.1 Å². The normalized spacial score (nSPS) is 20.2. The number of halogens is 1. The smallest absolute Gasteiger partial charge is 0.274 e. The first-order chi connectivity index (χ1) is 14.7. The lowest BCUT2D eigenvalue weighted by Gasteiger charge is -2.40. The SMILES string of the molecule is CS1(C)(=O)Cc2c(C(=O)N3CCOCC3)nn(-c3ccccc3)c2-c2cccc(F)c21. The molecule has 5 rings (SSSR count). The van der Waals surface area contributed by atoms with E-state index in [4.69, 9.17) is 9.84 Å². The molecule has 0 radical (unpaired) electrons. The van der Waals surface area contributed by atoms with Crippen molar-refractivity contribution in [3.63, 3.8) is 0 Å². The standard InChI is InChI=1S/C23H24FN3O3S/c1-31(2,29)15-18-20(23(28)26-11-13-30-14-12-26)25-27(16-7-4-3-5-8-16)21(18)17-9-6-10-19(24)22(17)31/h3-10H,11-15H2,1-2H3. The molecule has 2 aliphatic heterocycles. The Morgan fingerprint density at radius 3 is 2.48 bits per heavy atom. The summed E-state index contributed by atoms with van der Waals surface area (Å²) in [4.78, 5) is 15.4. The van der Waals surface area contributed by atoms with Gasteiger partial charge in [-0.1, -0.05) is 39.4 Å². The second kappa shape index (κ2) is 6.83. The molecule has 0 atom stereocenters. The summed E-state index contributed by atoms with van der Waals surface area (Å²) in [6.07, 6.45) is 3.20. The molecule has 0 N–H and O–H groups in total. The maximum absolute atomic E-state index is 15.0. The molecule has 162 valence electrons. The summed E-state index contributed by atoms with van der Waals surface area (Å²) in [5, 5.41) is 4.70. The highest BCUT2D eigenvalue weighted by Gasteiger charge is 2.44. The number of carbonyl (C=O) groups is 1. The van der Waals surface area contributed by atoms with E-state index >= 15 is 4.39 Å². The monoisotopic (exact) mass is 441 g/mol. The molecule has 1 amide bonds. The second-order valence-corrected chi connectivity index (χ2v) is 13.5. The van der Waals surface area contributed by atoms with Gasteiger partial charge < -0.3 is 9.64 Å². The Kier molecular flexibility index (Phi) is 4.43. The van der Waals surface area contributed by atoms with Crippen LogP contribution in [0.2, 0.25) is 0 Å². The molecule has 0 aliphatic carbocycles. The zero-order chi connectivity index (χ0) is 21.8. The van der Waals surface area contributed by atoms with Crippen LogP contribution in [0, 0.1) is 5.82 Å². The predicted octanol–water partition coefficient (Wildman–Crippen LogP) is 3.10. The van der Waals surface area contributed by atoms with Crippen molar-refractivity contribution in [3.8, 4) is 16.9 Å². The Hall–Kier alpha value is -2.84. The summed E-state index contributed by atoms with van der Waals surface area (Å²) >= 11 is 0. The Morgan fingerprint density at radius 2 is 1.77 bits per heavy atom. The molecule has 1 aromatic heterocycles. The van der Waals surface area contributed by atoms with Gasteiger partial charge in [-0.2, -0.15) is 5.10 Å². The van der Waals surface area contributed by atoms with Gasteiger partial charge in [0.2, 0.25) is 0 Å². The third-order valence-electron chi connectivity index (χ3n) is 5.91. The van der Waals surface area contributed by atoms with Crippen LogP contribution in [0.3, 0.4) is 0 Å². The number of benzene rings is 2. The molecule has 3 aromatic rings. The molecule has 31 heavy (non-hydrogen) atoms. The number of nitrogens with zero attached hydrogens (tertiary/aromatic N) is 3. The van der Waals surface area contributed by atoms with E-state index in [9.17, 15) is 9.00 Å². The van der Waals surface area contributed by atoms with Crippen molar-refractivity contribution in [2.24, 2.45) is 0 Å². The third-order valence-corrected chi connectivity index (χ3v) is 8.72. The first-order valence-corrected chi connectivity index (χ1v) is 13.1. The lowest BCUT2D eigenvalue weighted by atomic mass is 10.0. The number of carbonyl (C=O) groups excluding carboxylic acids is 1. The van der Waals surface area contributed by atoms with E-state index in [0.717, 1.165) is 5.69 Å². The number of ether oxygens (including phenoxy) is 1. The molecule has 1 fully saturated rings. The van der Waals surface area contributed by atoms with Crippen LogP contribution in [-0.4, -0.2) is 63.6 Å². The Balaban J connectivity index is 1.80. The number of rotatable bonds is 2. The van der Waals surface area contributed by atoms with Gasteiger partial charge in [-0.25, -0.2) is 9.07 Å². The minimum absolute atomic E-state index is 0.0682. The Bertz CT molecular complexity index is 1260. The van der Waals surface area contributed by atoms with Gasteiger partial charge in [0, 0.05) is 30.0 Å². The fourth-order valence-corrected chi connectivity index (χ4v) is 7.32. The molecular weight excluding hydrogens is 417 g/mol. The summed E-state index contributed by atoms with van der Waals surface area (Å²) < 4.78 is 36.2. The van der Waals surface area contributed by atoms with Crippen molar-refractivity contribution in [2.75, 3.05) is 38.8 Å². The van der Waals surface area contributed by atoms with Gasteiger partial charge >= 0.3 is 0 Å². The van der Waals surface area contributed by atoms with Crippen molar-refractivity contribution in [1.29, 1.82) is 0 Å². The molecule has 8 heteroatoms. The zero-order valence-corrected chi connectivity index (χ0v) is 18.3. The number of para-hydroxylation sites is 1. The summed E-state index contributed by atoms with van der Waals surface area (Å²) in [5.41, 5.74) is 2.80. The lowest BCUT2D eigenvalue weighted by Crippen LogP contribution is -2.42. The summed E-state index contributed by atoms with van der Waals surface area (Å²) in [5.74, 6) is -0.636. The molecule has 0 saturated carbocycles. The second-order valence-electron chi connectivity index (χ2n) is 8.66. The highest BCUT2D eigenvalue weighted by atomic mass is 32.3. The van der Waals surface area contributed by atoms with Crippen LogP contribution in [0.5, 0.6) is 0 Å². The zero-order valence-electron chi connectivity index (χ0n) is 17.5. The third kappa shape index (κ3) is 3.21. The minimum Gasteiger partial charge on any atom is -0.378 e. The average molecular weight is 442 g/mol. The van der Waals surface area contributed by atoms with Crippen molar-refractivity contribution in [2.45, 2.75) is 10.6 Å². The fraction of sp³-hybridized carbons (Fsp3) is 0.304. The van der Waals surface area contributed by atoms with E-state index in [1.54, 1.807) is 34.2 Å². The van der Waals surface area contributed by atoms with E-state index in [1.165, 1.54) is 6.07 Å². The molecule has 0 bridgehead atoms. The predicted molar refractivity (Wildman–Crippen MR) is 118 cm³/mol. The molecular formula is C23H24FN3O3S. The molecule has 3 heterocycles. The molecule has 2 aromatic carbocycles. The van der Waals surface area contributed by atoms with E-state index in [1.807, 2.05) is 30.3 Å². The van der Waals surface area contributed by atoms with Crippen molar-refractivity contribution in [1.82, 2.24) is 14.7 Å². The molecule has 0 unspecified atom stereocenters. The molecule has 6 nitrogen and oxygen atoms in total. The van der Waals surface area contributed by atoms with Crippen LogP contribution in [0.15, 0.2) is 53.4 Å². The fourth-order valence-electron chi connectivity index (χ4n) is 4.54. The van der Waals surface area contributed by atoms with Gasteiger partial charge in [-0.05, 0) is 30.7 Å². The van der Waals surface area contributed by atoms with Gasteiger partial charge in [-0.3, -0.25) is 9.00 Å². The molecule has 1 saturated heterocycles. The van der Waals surface area contributed by atoms with E-state index in [2.05, 4.69) is 0 Å². The highest BCUT2D eigenvalue weighted by Crippen LogP contribution is 2.49. The van der Waals surface area contributed by atoms with Crippen molar-refractivity contribution >= 4 is 15.0 Å². The van der Waals surface area contributed by atoms with Crippen LogP contribution in [0.1, 0.15) is 16.1 Å². The molecule has 2 aliphatic rings. The van der Waals surface area contributed by atoms with Crippen LogP contribution >= 0.6 is 0 Å². The van der Waals surface area contributed by atoms with E-state index < -0.39 is 14.9 Å². The van der Waals surface area contributed by atoms with Gasteiger partial charge in [-0.15, -0.1) is 0 Å². The van der Waals surface area contributed by atoms with Crippen LogP contribution < -0.4 is 0 Å².